The SMILES string of the molecule is CCNc1ccc2c(c1)C(OC)C(OCc1ccccc1)C(C)(C)O2. The molecule has 0 saturated carbocycles. The topological polar surface area (TPSA) is 39.7 Å². The normalized spacial score (nSPS) is 21.3. The van der Waals surface area contributed by atoms with E-state index in [9.17, 15) is 0 Å². The Bertz CT molecular complexity index is 700. The Hall–Kier alpha value is -2.04. The van der Waals surface area contributed by atoms with Gasteiger partial charge in [-0.25, -0.2) is 0 Å². The van der Waals surface area contributed by atoms with Gasteiger partial charge in [0.15, 0.2) is 0 Å². The molecule has 4 nitrogen and oxygen atoms in total. The van der Waals surface area contributed by atoms with Gasteiger partial charge in [0.05, 0.1) is 6.61 Å². The molecule has 134 valence electrons. The molecule has 25 heavy (non-hydrogen) atoms. The number of nitrogens with one attached hydrogen (secondary N) is 1. The number of hydrogen-bond acceptors (Lipinski definition) is 4. The molecule has 0 fully saturated rings. The van der Waals surface area contributed by atoms with Crippen LogP contribution in [0.1, 0.15) is 38.0 Å². The molecule has 2 atom stereocenters. The lowest BCUT2D eigenvalue weighted by Gasteiger charge is -2.44. The van der Waals surface area contributed by atoms with Gasteiger partial charge < -0.3 is 19.5 Å². The largest absolute Gasteiger partial charge is 0.485 e. The maximum atomic E-state index is 6.27. The van der Waals surface area contributed by atoms with Gasteiger partial charge in [-0.15, -0.1) is 0 Å². The summed E-state index contributed by atoms with van der Waals surface area (Å²) in [5.74, 6) is 0.859. The van der Waals surface area contributed by atoms with Crippen LogP contribution in [0.3, 0.4) is 0 Å². The Morgan fingerprint density at radius 3 is 2.56 bits per heavy atom. The monoisotopic (exact) mass is 341 g/mol. The number of fused-ring (bicyclic) bond motifs is 1. The zero-order chi connectivity index (χ0) is 17.9. The maximum Gasteiger partial charge on any atom is 0.132 e. The average Bonchev–Trinajstić information content (AvgIpc) is 2.60. The molecule has 2 unspecified atom stereocenters. The fraction of sp³-hybridized carbons (Fsp3) is 0.429. The van der Waals surface area contributed by atoms with Crippen molar-refractivity contribution >= 4 is 5.69 Å². The molecule has 0 bridgehead atoms. The molecule has 0 radical (unpaired) electrons. The molecule has 2 aromatic rings. The van der Waals surface area contributed by atoms with Crippen LogP contribution in [-0.4, -0.2) is 25.4 Å². The third-order valence-electron chi connectivity index (χ3n) is 4.56. The Morgan fingerprint density at radius 1 is 1.12 bits per heavy atom. The second-order valence-electron chi connectivity index (χ2n) is 6.86. The summed E-state index contributed by atoms with van der Waals surface area (Å²) in [7, 11) is 1.73. The molecule has 0 saturated heterocycles. The standard InChI is InChI=1S/C21H27NO3/c1-5-22-16-11-12-18-17(13-16)19(23-4)20(21(2,3)25-18)24-14-15-9-7-6-8-10-15/h6-13,19-20,22H,5,14H2,1-4H3. The van der Waals surface area contributed by atoms with Gasteiger partial charge in [0.25, 0.3) is 0 Å². The van der Waals surface area contributed by atoms with Gasteiger partial charge in [-0.05, 0) is 44.5 Å². The molecule has 1 aliphatic rings. The lowest BCUT2D eigenvalue weighted by molar-refractivity contribution is -0.159. The second kappa shape index (κ2) is 7.46. The van der Waals surface area contributed by atoms with Crippen LogP contribution in [0, 0.1) is 0 Å². The summed E-state index contributed by atoms with van der Waals surface area (Å²) in [6.07, 6.45) is -0.386. The molecule has 1 N–H and O–H groups in total. The molecule has 2 aromatic carbocycles. The fourth-order valence-corrected chi connectivity index (χ4v) is 3.35. The first-order valence-electron chi connectivity index (χ1n) is 8.80. The van der Waals surface area contributed by atoms with Gasteiger partial charge in [-0.1, -0.05) is 30.3 Å². The van der Waals surface area contributed by atoms with E-state index in [0.29, 0.717) is 6.61 Å². The van der Waals surface area contributed by atoms with E-state index in [1.165, 1.54) is 0 Å². The van der Waals surface area contributed by atoms with Gasteiger partial charge >= 0.3 is 0 Å². The van der Waals surface area contributed by atoms with Crippen molar-refractivity contribution in [3.05, 3.63) is 59.7 Å². The van der Waals surface area contributed by atoms with Crippen LogP contribution in [0.4, 0.5) is 5.69 Å². The van der Waals surface area contributed by atoms with Gasteiger partial charge in [0.1, 0.15) is 23.6 Å². The smallest absolute Gasteiger partial charge is 0.132 e. The summed E-state index contributed by atoms with van der Waals surface area (Å²) in [6, 6.07) is 16.3. The Kier molecular flexibility index (Phi) is 5.30. The quantitative estimate of drug-likeness (QED) is 0.836. The molecule has 0 amide bonds. The predicted molar refractivity (Wildman–Crippen MR) is 100 cm³/mol. The first kappa shape index (κ1) is 17.8. The summed E-state index contributed by atoms with van der Waals surface area (Å²) in [6.45, 7) is 7.58. The molecule has 3 rings (SSSR count). The maximum absolute atomic E-state index is 6.27. The minimum absolute atomic E-state index is 0.180. The van der Waals surface area contributed by atoms with E-state index in [-0.39, 0.29) is 12.2 Å². The summed E-state index contributed by atoms with van der Waals surface area (Å²) < 4.78 is 18.4. The van der Waals surface area contributed by atoms with E-state index >= 15 is 0 Å². The number of anilines is 1. The summed E-state index contributed by atoms with van der Waals surface area (Å²) in [5.41, 5.74) is 2.74. The van der Waals surface area contributed by atoms with Gasteiger partial charge in [0.2, 0.25) is 0 Å². The number of methoxy groups -OCH3 is 1. The van der Waals surface area contributed by atoms with E-state index in [0.717, 1.165) is 29.1 Å². The van der Waals surface area contributed by atoms with Crippen LogP contribution in [0.5, 0.6) is 5.75 Å². The lowest BCUT2D eigenvalue weighted by Crippen LogP contribution is -2.50. The van der Waals surface area contributed by atoms with Crippen LogP contribution in [-0.2, 0) is 16.1 Å². The highest BCUT2D eigenvalue weighted by Crippen LogP contribution is 2.44. The Labute approximate surface area is 150 Å². The van der Waals surface area contributed by atoms with Crippen molar-refractivity contribution in [2.24, 2.45) is 0 Å². The van der Waals surface area contributed by atoms with Crippen molar-refractivity contribution in [1.82, 2.24) is 0 Å². The minimum atomic E-state index is -0.484. The Morgan fingerprint density at radius 2 is 1.88 bits per heavy atom. The highest BCUT2D eigenvalue weighted by atomic mass is 16.6. The molecule has 0 aliphatic carbocycles. The third kappa shape index (κ3) is 3.80. The molecular weight excluding hydrogens is 314 g/mol. The van der Waals surface area contributed by atoms with Crippen molar-refractivity contribution in [3.8, 4) is 5.75 Å². The number of hydrogen-bond donors (Lipinski definition) is 1. The summed E-state index contributed by atoms with van der Waals surface area (Å²) in [4.78, 5) is 0. The van der Waals surface area contributed by atoms with Crippen molar-refractivity contribution in [3.63, 3.8) is 0 Å². The molecule has 0 spiro atoms. The van der Waals surface area contributed by atoms with Gasteiger partial charge in [-0.3, -0.25) is 0 Å². The van der Waals surface area contributed by atoms with Crippen molar-refractivity contribution < 1.29 is 14.2 Å². The predicted octanol–water partition coefficient (Wildman–Crippen LogP) is 4.56. The zero-order valence-electron chi connectivity index (χ0n) is 15.4. The van der Waals surface area contributed by atoms with Crippen LogP contribution < -0.4 is 10.1 Å². The zero-order valence-corrected chi connectivity index (χ0v) is 15.4. The molecule has 0 aromatic heterocycles. The summed E-state index contributed by atoms with van der Waals surface area (Å²) >= 11 is 0. The third-order valence-corrected chi connectivity index (χ3v) is 4.56. The van der Waals surface area contributed by atoms with Crippen LogP contribution >= 0.6 is 0 Å². The lowest BCUT2D eigenvalue weighted by atomic mass is 9.88. The number of rotatable bonds is 6. The highest BCUT2D eigenvalue weighted by molar-refractivity contribution is 5.53. The van der Waals surface area contributed by atoms with Gasteiger partial charge in [-0.2, -0.15) is 0 Å². The second-order valence-corrected chi connectivity index (χ2v) is 6.86. The number of ether oxygens (including phenoxy) is 3. The fourth-order valence-electron chi connectivity index (χ4n) is 3.35. The van der Waals surface area contributed by atoms with Crippen molar-refractivity contribution in [2.75, 3.05) is 19.0 Å². The van der Waals surface area contributed by atoms with Gasteiger partial charge in [0, 0.05) is 24.9 Å². The highest BCUT2D eigenvalue weighted by Gasteiger charge is 2.45. The first-order valence-corrected chi connectivity index (χ1v) is 8.80. The van der Waals surface area contributed by atoms with Crippen molar-refractivity contribution in [2.45, 2.75) is 45.2 Å². The van der Waals surface area contributed by atoms with E-state index in [1.54, 1.807) is 7.11 Å². The Balaban J connectivity index is 1.87. The van der Waals surface area contributed by atoms with E-state index in [2.05, 4.69) is 44.3 Å². The van der Waals surface area contributed by atoms with Crippen molar-refractivity contribution in [1.29, 1.82) is 0 Å². The molecule has 4 heteroatoms. The van der Waals surface area contributed by atoms with E-state index in [4.69, 9.17) is 14.2 Å². The molecule has 1 heterocycles. The van der Waals surface area contributed by atoms with E-state index < -0.39 is 5.60 Å². The molecule has 1 aliphatic heterocycles. The summed E-state index contributed by atoms with van der Waals surface area (Å²) in [5, 5.41) is 3.34. The molecular formula is C21H27NO3. The number of benzene rings is 2. The minimum Gasteiger partial charge on any atom is -0.485 e. The first-order chi connectivity index (χ1) is 12.0. The van der Waals surface area contributed by atoms with Crippen LogP contribution in [0.2, 0.25) is 0 Å². The van der Waals surface area contributed by atoms with Crippen LogP contribution in [0.15, 0.2) is 48.5 Å². The van der Waals surface area contributed by atoms with E-state index in [1.807, 2.05) is 30.3 Å². The average molecular weight is 341 g/mol. The van der Waals surface area contributed by atoms with Crippen LogP contribution in [0.25, 0.3) is 0 Å².